The number of H-pyrrole nitrogens is 1. The van der Waals surface area contributed by atoms with Gasteiger partial charge in [0.05, 0.1) is 12.5 Å². The molecule has 33 heavy (non-hydrogen) atoms. The van der Waals surface area contributed by atoms with E-state index in [-0.39, 0.29) is 47.6 Å². The molecule has 0 radical (unpaired) electrons. The first-order valence-corrected chi connectivity index (χ1v) is 11.6. The second-order valence-corrected chi connectivity index (χ2v) is 9.15. The van der Waals surface area contributed by atoms with Crippen molar-refractivity contribution in [3.63, 3.8) is 0 Å². The summed E-state index contributed by atoms with van der Waals surface area (Å²) < 4.78 is 1.26. The zero-order valence-electron chi connectivity index (χ0n) is 18.9. The smallest absolute Gasteiger partial charge is 0.274 e. The van der Waals surface area contributed by atoms with E-state index in [0.29, 0.717) is 24.4 Å². The zero-order chi connectivity index (χ0) is 23.1. The van der Waals surface area contributed by atoms with Gasteiger partial charge in [-0.3, -0.25) is 19.5 Å². The van der Waals surface area contributed by atoms with Crippen molar-refractivity contribution in [3.8, 4) is 0 Å². The van der Waals surface area contributed by atoms with Gasteiger partial charge in [0, 0.05) is 29.4 Å². The molecule has 1 fully saturated rings. The fourth-order valence-corrected chi connectivity index (χ4v) is 5.24. The van der Waals surface area contributed by atoms with E-state index in [1.807, 2.05) is 23.1 Å². The number of carbonyl (C=O) groups excluding carboxylic acids is 2. The predicted octanol–water partition coefficient (Wildman–Crippen LogP) is 2.13. The van der Waals surface area contributed by atoms with Gasteiger partial charge in [0.25, 0.3) is 11.3 Å². The molecule has 0 saturated heterocycles. The Kier molecular flexibility index (Phi) is 5.47. The Morgan fingerprint density at radius 3 is 2.73 bits per heavy atom. The van der Waals surface area contributed by atoms with Crippen LogP contribution in [0.5, 0.6) is 0 Å². The van der Waals surface area contributed by atoms with E-state index in [2.05, 4.69) is 33.4 Å². The molecule has 172 valence electrons. The van der Waals surface area contributed by atoms with Crippen LogP contribution in [-0.2, 0) is 22.6 Å². The first kappa shape index (κ1) is 21.4. The van der Waals surface area contributed by atoms with Gasteiger partial charge in [0.15, 0.2) is 0 Å². The molecule has 0 bridgehead atoms. The van der Waals surface area contributed by atoms with Crippen LogP contribution in [0, 0.1) is 18.8 Å². The molecule has 1 aromatic carbocycles. The summed E-state index contributed by atoms with van der Waals surface area (Å²) in [4.78, 5) is 49.3. The number of rotatable bonds is 4. The summed E-state index contributed by atoms with van der Waals surface area (Å²) in [5, 5.41) is 5.81. The highest BCUT2D eigenvalue weighted by atomic mass is 16.2. The molecule has 2 aromatic heterocycles. The lowest BCUT2D eigenvalue weighted by Crippen LogP contribution is -2.47. The summed E-state index contributed by atoms with van der Waals surface area (Å²) in [7, 11) is 0. The van der Waals surface area contributed by atoms with Crippen molar-refractivity contribution < 1.29 is 9.59 Å². The molecule has 0 spiro atoms. The second kappa shape index (κ2) is 8.46. The molecule has 9 nitrogen and oxygen atoms in total. The lowest BCUT2D eigenvalue weighted by atomic mass is 9.77. The number of hydrogen-bond acceptors (Lipinski definition) is 5. The molecule has 5 rings (SSSR count). The number of hydrogen-bond donors (Lipinski definition) is 2. The van der Waals surface area contributed by atoms with Crippen LogP contribution in [0.2, 0.25) is 0 Å². The minimum absolute atomic E-state index is 0.0438. The Balaban J connectivity index is 1.31. The number of amides is 2. The number of aromatic nitrogens is 4. The van der Waals surface area contributed by atoms with Crippen molar-refractivity contribution in [3.05, 3.63) is 57.8 Å². The quantitative estimate of drug-likeness (QED) is 0.635. The van der Waals surface area contributed by atoms with Crippen LogP contribution in [0.25, 0.3) is 5.78 Å². The molecular formula is C24H28N6O3. The third-order valence-corrected chi connectivity index (χ3v) is 6.80. The van der Waals surface area contributed by atoms with E-state index < -0.39 is 0 Å². The van der Waals surface area contributed by atoms with Gasteiger partial charge in [-0.25, -0.2) is 4.98 Å². The van der Waals surface area contributed by atoms with Crippen LogP contribution in [-0.4, -0.2) is 37.4 Å². The molecule has 3 heterocycles. The number of aryl methyl sites for hydroxylation is 1. The Morgan fingerprint density at radius 1 is 1.15 bits per heavy atom. The average Bonchev–Trinajstić information content (AvgIpc) is 3.37. The van der Waals surface area contributed by atoms with E-state index in [1.165, 1.54) is 16.1 Å². The molecule has 9 heteroatoms. The minimum Gasteiger partial charge on any atom is -0.349 e. The fraction of sp³-hybridized carbons (Fsp3) is 0.458. The first-order valence-electron chi connectivity index (χ1n) is 11.6. The van der Waals surface area contributed by atoms with E-state index in [0.717, 1.165) is 24.9 Å². The first-order chi connectivity index (χ1) is 15.9. The third-order valence-electron chi connectivity index (χ3n) is 6.80. The minimum atomic E-state index is -0.376. The molecule has 3 aromatic rings. The highest BCUT2D eigenvalue weighted by Gasteiger charge is 2.41. The lowest BCUT2D eigenvalue weighted by Gasteiger charge is -2.34. The van der Waals surface area contributed by atoms with Gasteiger partial charge in [-0.05, 0) is 44.7 Å². The van der Waals surface area contributed by atoms with Crippen molar-refractivity contribution in [2.75, 3.05) is 4.90 Å². The summed E-state index contributed by atoms with van der Waals surface area (Å²) in [5.41, 5.74) is 2.48. The van der Waals surface area contributed by atoms with Crippen LogP contribution in [0.4, 0.5) is 5.69 Å². The number of nitrogens with zero attached hydrogens (tertiary/aromatic N) is 4. The van der Waals surface area contributed by atoms with Crippen molar-refractivity contribution in [1.29, 1.82) is 0 Å². The summed E-state index contributed by atoms with van der Waals surface area (Å²) in [6.07, 6.45) is 4.11. The normalized spacial score (nSPS) is 22.4. The number of nitrogens with one attached hydrogen (secondary N) is 2. The molecule has 2 aliphatic rings. The van der Waals surface area contributed by atoms with Crippen LogP contribution in [0.15, 0.2) is 35.1 Å². The number of aromatic amines is 1. The molecular weight excluding hydrogens is 420 g/mol. The maximum absolute atomic E-state index is 13.6. The highest BCUT2D eigenvalue weighted by Crippen LogP contribution is 2.38. The van der Waals surface area contributed by atoms with Crippen LogP contribution in [0.1, 0.15) is 49.7 Å². The third kappa shape index (κ3) is 3.92. The second-order valence-electron chi connectivity index (χ2n) is 9.15. The summed E-state index contributed by atoms with van der Waals surface area (Å²) in [5.74, 6) is -0.1000. The molecule has 1 aliphatic carbocycles. The summed E-state index contributed by atoms with van der Waals surface area (Å²) in [6.45, 7) is 3.94. The maximum atomic E-state index is 13.6. The van der Waals surface area contributed by atoms with E-state index in [9.17, 15) is 14.4 Å². The monoisotopic (exact) mass is 448 g/mol. The van der Waals surface area contributed by atoms with Crippen molar-refractivity contribution in [2.45, 2.75) is 58.5 Å². The fourth-order valence-electron chi connectivity index (χ4n) is 5.24. The van der Waals surface area contributed by atoms with Gasteiger partial charge in [0.1, 0.15) is 5.82 Å². The van der Waals surface area contributed by atoms with Crippen LogP contribution >= 0.6 is 0 Å². The molecule has 1 aliphatic heterocycles. The van der Waals surface area contributed by atoms with Crippen molar-refractivity contribution in [2.24, 2.45) is 11.8 Å². The number of anilines is 1. The molecule has 2 N–H and O–H groups in total. The van der Waals surface area contributed by atoms with Gasteiger partial charge in [-0.2, -0.15) is 9.50 Å². The molecule has 3 unspecified atom stereocenters. The van der Waals surface area contributed by atoms with Crippen LogP contribution < -0.4 is 15.8 Å². The Morgan fingerprint density at radius 2 is 1.91 bits per heavy atom. The summed E-state index contributed by atoms with van der Waals surface area (Å²) >= 11 is 0. The number of fused-ring (bicyclic) bond motifs is 2. The zero-order valence-corrected chi connectivity index (χ0v) is 18.9. The molecule has 2 amide bonds. The van der Waals surface area contributed by atoms with Gasteiger partial charge >= 0.3 is 0 Å². The predicted molar refractivity (Wildman–Crippen MR) is 123 cm³/mol. The highest BCUT2D eigenvalue weighted by molar-refractivity contribution is 6.00. The number of para-hydroxylation sites is 1. The SMILES string of the molecule is Cc1cc(=O)n2[nH]c(CNC(=O)C3CCCCC3C(=O)N3c4ccccc4CC3C)nc2n1. The van der Waals surface area contributed by atoms with Gasteiger partial charge in [-0.1, -0.05) is 31.0 Å². The van der Waals surface area contributed by atoms with Crippen LogP contribution in [0.3, 0.4) is 0 Å². The lowest BCUT2D eigenvalue weighted by molar-refractivity contribution is -0.135. The standard InChI is InChI=1S/C24H28N6O3/c1-14-11-21(31)30-24(26-14)27-20(28-30)13-25-22(32)17-8-4-5-9-18(17)23(33)29-15(2)12-16-7-3-6-10-19(16)29/h3,6-7,10-11,15,17-18H,4-5,8-9,12-13H2,1-2H3,(H,25,32)(H,26,27,28). The van der Waals surface area contributed by atoms with Gasteiger partial charge in [0.2, 0.25) is 11.8 Å². The van der Waals surface area contributed by atoms with E-state index >= 15 is 0 Å². The van der Waals surface area contributed by atoms with Crippen molar-refractivity contribution in [1.82, 2.24) is 24.9 Å². The average molecular weight is 449 g/mol. The Bertz CT molecular complexity index is 1280. The van der Waals surface area contributed by atoms with Gasteiger partial charge < -0.3 is 10.2 Å². The maximum Gasteiger partial charge on any atom is 0.274 e. The topological polar surface area (TPSA) is 112 Å². The number of benzene rings is 1. The number of carbonyl (C=O) groups is 2. The Labute approximate surface area is 191 Å². The van der Waals surface area contributed by atoms with Crippen molar-refractivity contribution >= 4 is 23.3 Å². The largest absolute Gasteiger partial charge is 0.349 e. The van der Waals surface area contributed by atoms with E-state index in [1.54, 1.807) is 6.92 Å². The molecule has 3 atom stereocenters. The van der Waals surface area contributed by atoms with Gasteiger partial charge in [-0.15, -0.1) is 0 Å². The molecule has 1 saturated carbocycles. The summed E-state index contributed by atoms with van der Waals surface area (Å²) in [6, 6.07) is 9.53. The Hall–Kier alpha value is -3.49. The van der Waals surface area contributed by atoms with E-state index in [4.69, 9.17) is 0 Å².